The highest BCUT2D eigenvalue weighted by atomic mass is 16.5. The second kappa shape index (κ2) is 7.07. The van der Waals surface area contributed by atoms with Gasteiger partial charge in [0.05, 0.1) is 13.7 Å². The molecule has 4 nitrogen and oxygen atoms in total. The van der Waals surface area contributed by atoms with Crippen molar-refractivity contribution in [3.8, 4) is 5.75 Å². The molecule has 0 saturated carbocycles. The van der Waals surface area contributed by atoms with Crippen LogP contribution in [0.2, 0.25) is 0 Å². The molecule has 1 aliphatic rings. The Morgan fingerprint density at radius 2 is 2.20 bits per heavy atom. The zero-order chi connectivity index (χ0) is 14.5. The summed E-state index contributed by atoms with van der Waals surface area (Å²) in [6.07, 6.45) is 1.20. The largest absolute Gasteiger partial charge is 0.496 e. The van der Waals surface area contributed by atoms with Crippen LogP contribution in [0.5, 0.6) is 5.75 Å². The van der Waals surface area contributed by atoms with E-state index in [0.717, 1.165) is 37.6 Å². The SMILES string of the molecule is COCC1CCN(CC(N)c2cc(C)ccc2OC)C1. The van der Waals surface area contributed by atoms with E-state index in [-0.39, 0.29) is 6.04 Å². The summed E-state index contributed by atoms with van der Waals surface area (Å²) < 4.78 is 10.7. The maximum absolute atomic E-state index is 6.39. The minimum Gasteiger partial charge on any atom is -0.496 e. The van der Waals surface area contributed by atoms with Crippen molar-refractivity contribution in [2.45, 2.75) is 19.4 Å². The standard InChI is InChI=1S/C16H26N2O2/c1-12-4-5-16(20-3)14(8-12)15(17)10-18-7-6-13(9-18)11-19-2/h4-5,8,13,15H,6-7,9-11,17H2,1-3H3. The van der Waals surface area contributed by atoms with Gasteiger partial charge in [0.2, 0.25) is 0 Å². The lowest BCUT2D eigenvalue weighted by atomic mass is 10.0. The summed E-state index contributed by atoms with van der Waals surface area (Å²) in [5, 5.41) is 0. The van der Waals surface area contributed by atoms with Crippen molar-refractivity contribution in [3.05, 3.63) is 29.3 Å². The van der Waals surface area contributed by atoms with Gasteiger partial charge in [-0.3, -0.25) is 0 Å². The monoisotopic (exact) mass is 278 g/mol. The molecule has 1 aromatic carbocycles. The van der Waals surface area contributed by atoms with E-state index < -0.39 is 0 Å². The summed E-state index contributed by atoms with van der Waals surface area (Å²) in [6.45, 7) is 5.99. The summed E-state index contributed by atoms with van der Waals surface area (Å²) >= 11 is 0. The molecule has 1 fully saturated rings. The third-order valence-corrected chi connectivity index (χ3v) is 4.01. The molecule has 20 heavy (non-hydrogen) atoms. The van der Waals surface area contributed by atoms with E-state index in [1.165, 1.54) is 12.0 Å². The van der Waals surface area contributed by atoms with Crippen LogP contribution in [0.3, 0.4) is 0 Å². The molecule has 1 heterocycles. The lowest BCUT2D eigenvalue weighted by Gasteiger charge is -2.23. The van der Waals surface area contributed by atoms with Crippen LogP contribution in [0.4, 0.5) is 0 Å². The first kappa shape index (κ1) is 15.3. The predicted molar refractivity (Wildman–Crippen MR) is 81.1 cm³/mol. The molecule has 0 spiro atoms. The van der Waals surface area contributed by atoms with Crippen molar-refractivity contribution in [1.29, 1.82) is 0 Å². The van der Waals surface area contributed by atoms with E-state index in [2.05, 4.69) is 24.0 Å². The number of nitrogens with two attached hydrogens (primary N) is 1. The first-order chi connectivity index (χ1) is 9.63. The van der Waals surface area contributed by atoms with Crippen LogP contribution in [0.1, 0.15) is 23.6 Å². The molecule has 2 atom stereocenters. The van der Waals surface area contributed by atoms with Gasteiger partial charge in [0.15, 0.2) is 0 Å². The van der Waals surface area contributed by atoms with Gasteiger partial charge in [-0.25, -0.2) is 0 Å². The van der Waals surface area contributed by atoms with Gasteiger partial charge in [0, 0.05) is 31.8 Å². The van der Waals surface area contributed by atoms with Gasteiger partial charge in [0.1, 0.15) is 5.75 Å². The fourth-order valence-corrected chi connectivity index (χ4v) is 2.97. The molecule has 4 heteroatoms. The van der Waals surface area contributed by atoms with Crippen molar-refractivity contribution < 1.29 is 9.47 Å². The smallest absolute Gasteiger partial charge is 0.123 e. The Morgan fingerprint density at radius 3 is 2.90 bits per heavy atom. The third kappa shape index (κ3) is 3.72. The molecule has 1 aromatic rings. The highest BCUT2D eigenvalue weighted by Crippen LogP contribution is 2.27. The summed E-state index contributed by atoms with van der Waals surface area (Å²) in [6, 6.07) is 6.18. The molecule has 1 aliphatic heterocycles. The molecular weight excluding hydrogens is 252 g/mol. The van der Waals surface area contributed by atoms with Crippen molar-refractivity contribution in [2.75, 3.05) is 40.5 Å². The van der Waals surface area contributed by atoms with Gasteiger partial charge in [-0.1, -0.05) is 17.7 Å². The fraction of sp³-hybridized carbons (Fsp3) is 0.625. The molecule has 0 aliphatic carbocycles. The van der Waals surface area contributed by atoms with E-state index in [1.807, 2.05) is 6.07 Å². The van der Waals surface area contributed by atoms with Gasteiger partial charge in [-0.15, -0.1) is 0 Å². The summed E-state index contributed by atoms with van der Waals surface area (Å²) in [5.74, 6) is 1.53. The van der Waals surface area contributed by atoms with Gasteiger partial charge < -0.3 is 20.1 Å². The molecule has 0 aromatic heterocycles. The van der Waals surface area contributed by atoms with Gasteiger partial charge >= 0.3 is 0 Å². The maximum atomic E-state index is 6.39. The zero-order valence-corrected chi connectivity index (χ0v) is 12.8. The lowest BCUT2D eigenvalue weighted by Crippen LogP contribution is -2.31. The minimum absolute atomic E-state index is 0.00820. The molecule has 112 valence electrons. The topological polar surface area (TPSA) is 47.7 Å². The van der Waals surface area contributed by atoms with Crippen LogP contribution in [0, 0.1) is 12.8 Å². The van der Waals surface area contributed by atoms with Crippen molar-refractivity contribution >= 4 is 0 Å². The van der Waals surface area contributed by atoms with Crippen LogP contribution in [-0.2, 0) is 4.74 Å². The Bertz CT molecular complexity index is 436. The Labute approximate surface area is 121 Å². The highest BCUT2D eigenvalue weighted by molar-refractivity contribution is 5.39. The van der Waals surface area contributed by atoms with Gasteiger partial charge in [0.25, 0.3) is 0 Å². The number of benzene rings is 1. The molecule has 2 rings (SSSR count). The van der Waals surface area contributed by atoms with Crippen LogP contribution in [-0.4, -0.2) is 45.4 Å². The van der Waals surface area contributed by atoms with Gasteiger partial charge in [-0.05, 0) is 31.9 Å². The van der Waals surface area contributed by atoms with Crippen LogP contribution in [0.25, 0.3) is 0 Å². The molecular formula is C16H26N2O2. The lowest BCUT2D eigenvalue weighted by molar-refractivity contribution is 0.152. The molecule has 0 bridgehead atoms. The first-order valence-corrected chi connectivity index (χ1v) is 7.25. The fourth-order valence-electron chi connectivity index (χ4n) is 2.97. The first-order valence-electron chi connectivity index (χ1n) is 7.25. The zero-order valence-electron chi connectivity index (χ0n) is 12.8. The number of nitrogens with zero attached hydrogens (tertiary/aromatic N) is 1. The Morgan fingerprint density at radius 1 is 1.40 bits per heavy atom. The van der Waals surface area contributed by atoms with E-state index in [4.69, 9.17) is 15.2 Å². The van der Waals surface area contributed by atoms with Crippen molar-refractivity contribution in [1.82, 2.24) is 4.90 Å². The second-order valence-electron chi connectivity index (χ2n) is 5.72. The van der Waals surface area contributed by atoms with Gasteiger partial charge in [-0.2, -0.15) is 0 Å². The average molecular weight is 278 g/mol. The third-order valence-electron chi connectivity index (χ3n) is 4.01. The van der Waals surface area contributed by atoms with E-state index in [9.17, 15) is 0 Å². The van der Waals surface area contributed by atoms with Crippen LogP contribution < -0.4 is 10.5 Å². The Hall–Kier alpha value is -1.10. The van der Waals surface area contributed by atoms with E-state index in [0.29, 0.717) is 5.92 Å². The Balaban J connectivity index is 1.98. The quantitative estimate of drug-likeness (QED) is 0.864. The van der Waals surface area contributed by atoms with Crippen molar-refractivity contribution in [3.63, 3.8) is 0 Å². The summed E-state index contributed by atoms with van der Waals surface area (Å²) in [4.78, 5) is 2.43. The number of methoxy groups -OCH3 is 2. The Kier molecular flexibility index (Phi) is 5.40. The molecule has 2 unspecified atom stereocenters. The number of likely N-dealkylation sites (tertiary alicyclic amines) is 1. The molecule has 0 radical (unpaired) electrons. The number of hydrogen-bond donors (Lipinski definition) is 1. The minimum atomic E-state index is -0.00820. The van der Waals surface area contributed by atoms with Crippen molar-refractivity contribution in [2.24, 2.45) is 11.7 Å². The molecule has 1 saturated heterocycles. The van der Waals surface area contributed by atoms with E-state index >= 15 is 0 Å². The van der Waals surface area contributed by atoms with E-state index in [1.54, 1.807) is 14.2 Å². The summed E-state index contributed by atoms with van der Waals surface area (Å²) in [7, 11) is 3.47. The molecule has 2 N–H and O–H groups in total. The number of hydrogen-bond acceptors (Lipinski definition) is 4. The number of ether oxygens (including phenoxy) is 2. The molecule has 0 amide bonds. The number of aryl methyl sites for hydroxylation is 1. The number of rotatable bonds is 6. The second-order valence-corrected chi connectivity index (χ2v) is 5.72. The maximum Gasteiger partial charge on any atom is 0.123 e. The highest BCUT2D eigenvalue weighted by Gasteiger charge is 2.24. The van der Waals surface area contributed by atoms with Crippen LogP contribution in [0.15, 0.2) is 18.2 Å². The normalized spacial score (nSPS) is 21.1. The average Bonchev–Trinajstić information content (AvgIpc) is 2.86. The predicted octanol–water partition coefficient (Wildman–Crippen LogP) is 1.97. The van der Waals surface area contributed by atoms with Crippen LogP contribution >= 0.6 is 0 Å². The summed E-state index contributed by atoms with van der Waals surface area (Å²) in [5.41, 5.74) is 8.70.